The molecule has 0 unspecified atom stereocenters. The van der Waals surface area contributed by atoms with Crippen molar-refractivity contribution in [2.45, 2.75) is 32.6 Å². The van der Waals surface area contributed by atoms with Gasteiger partial charge in [-0.15, -0.1) is 0 Å². The standard InChI is InChI=1S/C11H14/c1-9-5-4-7-10-6-2-3-8-11(9)10/h4-5,7H,2-3,6,8H2,1H3/i5D. The fourth-order valence-corrected chi connectivity index (χ4v) is 1.90. The lowest BCUT2D eigenvalue weighted by Gasteiger charge is -2.17. The Labute approximate surface area is 69.7 Å². The van der Waals surface area contributed by atoms with Crippen LogP contribution in [0.2, 0.25) is 0 Å². The smallest absolute Gasteiger partial charge is 0.0617 e. The number of hydrogen-bond donors (Lipinski definition) is 0. The number of aryl methyl sites for hydroxylation is 1. The molecule has 0 heteroatoms. The Balaban J connectivity index is 2.54. The van der Waals surface area contributed by atoms with Crippen molar-refractivity contribution in [1.82, 2.24) is 0 Å². The van der Waals surface area contributed by atoms with Gasteiger partial charge in [-0.05, 0) is 49.3 Å². The first-order valence-electron chi connectivity index (χ1n) is 4.87. The topological polar surface area (TPSA) is 0 Å². The Hall–Kier alpha value is -0.780. The summed E-state index contributed by atoms with van der Waals surface area (Å²) in [5.41, 5.74) is 4.13. The van der Waals surface area contributed by atoms with Gasteiger partial charge in [-0.1, -0.05) is 18.2 Å². The van der Waals surface area contributed by atoms with E-state index in [1.807, 2.05) is 6.07 Å². The van der Waals surface area contributed by atoms with Crippen molar-refractivity contribution in [1.29, 1.82) is 0 Å². The molecule has 0 aliphatic heterocycles. The molecule has 1 aromatic carbocycles. The van der Waals surface area contributed by atoms with E-state index >= 15 is 0 Å². The first-order valence-corrected chi connectivity index (χ1v) is 4.37. The summed E-state index contributed by atoms with van der Waals surface area (Å²) in [5.74, 6) is 0. The highest BCUT2D eigenvalue weighted by molar-refractivity contribution is 5.35. The van der Waals surface area contributed by atoms with Crippen molar-refractivity contribution < 1.29 is 1.37 Å². The zero-order valence-corrected chi connectivity index (χ0v) is 6.98. The Bertz CT molecular complexity index is 302. The highest BCUT2D eigenvalue weighted by atomic mass is 14.1. The lowest BCUT2D eigenvalue weighted by molar-refractivity contribution is 0.682. The lowest BCUT2D eigenvalue weighted by Crippen LogP contribution is -2.03. The molecule has 0 nitrogen and oxygen atoms in total. The second-order valence-corrected chi connectivity index (χ2v) is 3.31. The molecule has 1 aliphatic rings. The van der Waals surface area contributed by atoms with Crippen molar-refractivity contribution >= 4 is 0 Å². The summed E-state index contributed by atoms with van der Waals surface area (Å²) >= 11 is 0. The van der Waals surface area contributed by atoms with E-state index in [9.17, 15) is 0 Å². The maximum Gasteiger partial charge on any atom is 0.0626 e. The molecule has 58 valence electrons. The summed E-state index contributed by atoms with van der Waals surface area (Å²) in [6.07, 6.45) is 5.03. The molecule has 0 radical (unpaired) electrons. The van der Waals surface area contributed by atoms with Crippen LogP contribution >= 0.6 is 0 Å². The van der Waals surface area contributed by atoms with Gasteiger partial charge in [-0.3, -0.25) is 0 Å². The second-order valence-electron chi connectivity index (χ2n) is 3.31. The summed E-state index contributed by atoms with van der Waals surface area (Å²) in [7, 11) is 0. The maximum absolute atomic E-state index is 7.66. The molecule has 0 spiro atoms. The molecule has 1 aliphatic carbocycles. The predicted molar refractivity (Wildman–Crippen MR) is 47.8 cm³/mol. The third kappa shape index (κ3) is 1.18. The molecule has 0 heterocycles. The van der Waals surface area contributed by atoms with E-state index in [0.717, 1.165) is 0 Å². The fraction of sp³-hybridized carbons (Fsp3) is 0.455. The Kier molecular flexibility index (Phi) is 1.42. The largest absolute Gasteiger partial charge is 0.0626 e. The Morgan fingerprint density at radius 3 is 3.09 bits per heavy atom. The molecule has 0 amide bonds. The molecule has 0 saturated heterocycles. The van der Waals surface area contributed by atoms with Gasteiger partial charge in [-0.25, -0.2) is 0 Å². The minimum atomic E-state index is 0.704. The number of fused-ring (bicyclic) bond motifs is 1. The van der Waals surface area contributed by atoms with E-state index in [1.54, 1.807) is 0 Å². The molecule has 0 fully saturated rings. The molecule has 0 saturated carbocycles. The van der Waals surface area contributed by atoms with Gasteiger partial charge in [0, 0.05) is 0 Å². The van der Waals surface area contributed by atoms with E-state index in [2.05, 4.69) is 13.0 Å². The van der Waals surface area contributed by atoms with Crippen molar-refractivity contribution in [3.63, 3.8) is 0 Å². The van der Waals surface area contributed by atoms with Gasteiger partial charge in [-0.2, -0.15) is 0 Å². The number of benzene rings is 1. The summed E-state index contributed by atoms with van der Waals surface area (Å²) in [6.45, 7) is 2.08. The van der Waals surface area contributed by atoms with Crippen LogP contribution in [0.15, 0.2) is 18.2 Å². The minimum absolute atomic E-state index is 0.704. The Morgan fingerprint density at radius 1 is 1.36 bits per heavy atom. The van der Waals surface area contributed by atoms with Crippen molar-refractivity contribution in [2.24, 2.45) is 0 Å². The molecule has 0 aromatic heterocycles. The number of rotatable bonds is 0. The van der Waals surface area contributed by atoms with E-state index in [-0.39, 0.29) is 0 Å². The van der Waals surface area contributed by atoms with Crippen LogP contribution in [0.1, 0.15) is 30.9 Å². The fourth-order valence-electron chi connectivity index (χ4n) is 1.90. The molecule has 0 atom stereocenters. The van der Waals surface area contributed by atoms with Gasteiger partial charge in [0.05, 0.1) is 1.37 Å². The molecular formula is C11H14. The first-order chi connectivity index (χ1) is 5.79. The SMILES string of the molecule is [2H]c1ccc2c(c1C)CCCC2. The van der Waals surface area contributed by atoms with E-state index in [0.29, 0.717) is 6.04 Å². The average Bonchev–Trinajstić information content (AvgIpc) is 2.12. The first kappa shape index (κ1) is 5.82. The molecular weight excluding hydrogens is 132 g/mol. The van der Waals surface area contributed by atoms with Crippen LogP contribution in [-0.2, 0) is 12.8 Å². The normalized spacial score (nSPS) is 17.4. The summed E-state index contributed by atoms with van der Waals surface area (Å²) in [5, 5.41) is 0. The predicted octanol–water partition coefficient (Wildman–Crippen LogP) is 2.87. The third-order valence-electron chi connectivity index (χ3n) is 2.55. The Morgan fingerprint density at radius 2 is 2.18 bits per heavy atom. The van der Waals surface area contributed by atoms with Gasteiger partial charge in [0.15, 0.2) is 0 Å². The second kappa shape index (κ2) is 2.69. The number of hydrogen-bond acceptors (Lipinski definition) is 0. The van der Waals surface area contributed by atoms with Crippen LogP contribution in [0, 0.1) is 6.92 Å². The van der Waals surface area contributed by atoms with Crippen molar-refractivity contribution in [2.75, 3.05) is 0 Å². The van der Waals surface area contributed by atoms with Crippen LogP contribution in [0.4, 0.5) is 0 Å². The van der Waals surface area contributed by atoms with Gasteiger partial charge in [0.1, 0.15) is 0 Å². The summed E-state index contributed by atoms with van der Waals surface area (Å²) in [6, 6.07) is 4.76. The van der Waals surface area contributed by atoms with Crippen LogP contribution < -0.4 is 0 Å². The monoisotopic (exact) mass is 147 g/mol. The van der Waals surface area contributed by atoms with E-state index < -0.39 is 0 Å². The quantitative estimate of drug-likeness (QED) is 0.529. The zero-order chi connectivity index (χ0) is 8.55. The van der Waals surface area contributed by atoms with E-state index in [4.69, 9.17) is 1.37 Å². The van der Waals surface area contributed by atoms with Crippen LogP contribution in [-0.4, -0.2) is 0 Å². The maximum atomic E-state index is 7.66. The summed E-state index contributed by atoms with van der Waals surface area (Å²) < 4.78 is 7.66. The van der Waals surface area contributed by atoms with Gasteiger partial charge in [0.2, 0.25) is 0 Å². The highest BCUT2D eigenvalue weighted by Gasteiger charge is 2.09. The minimum Gasteiger partial charge on any atom is -0.0617 e. The molecule has 1 aromatic rings. The summed E-state index contributed by atoms with van der Waals surface area (Å²) in [4.78, 5) is 0. The van der Waals surface area contributed by atoms with Crippen molar-refractivity contribution in [3.05, 3.63) is 34.9 Å². The molecule has 0 bridgehead atoms. The average molecular weight is 147 g/mol. The van der Waals surface area contributed by atoms with Gasteiger partial charge in [0.25, 0.3) is 0 Å². The van der Waals surface area contributed by atoms with Crippen molar-refractivity contribution in [3.8, 4) is 0 Å². The van der Waals surface area contributed by atoms with Crippen LogP contribution in [0.3, 0.4) is 0 Å². The molecule has 2 rings (SSSR count). The third-order valence-corrected chi connectivity index (χ3v) is 2.55. The van der Waals surface area contributed by atoms with Gasteiger partial charge >= 0.3 is 0 Å². The van der Waals surface area contributed by atoms with Gasteiger partial charge < -0.3 is 0 Å². The van der Waals surface area contributed by atoms with E-state index in [1.165, 1.54) is 42.4 Å². The van der Waals surface area contributed by atoms with Crippen LogP contribution in [0.25, 0.3) is 0 Å². The zero-order valence-electron chi connectivity index (χ0n) is 7.98. The lowest BCUT2D eigenvalue weighted by atomic mass is 9.89. The molecule has 0 N–H and O–H groups in total. The van der Waals surface area contributed by atoms with Crippen LogP contribution in [0.5, 0.6) is 0 Å². The molecule has 11 heavy (non-hydrogen) atoms. The highest BCUT2D eigenvalue weighted by Crippen LogP contribution is 2.23.